The molecule has 172 valence electrons. The van der Waals surface area contributed by atoms with Crippen molar-refractivity contribution in [3.05, 3.63) is 40.4 Å². The van der Waals surface area contributed by atoms with E-state index >= 15 is 0 Å². The lowest BCUT2D eigenvalue weighted by Gasteiger charge is -2.54. The molecule has 0 bridgehead atoms. The van der Waals surface area contributed by atoms with E-state index in [1.165, 1.54) is 17.7 Å². The van der Waals surface area contributed by atoms with Crippen LogP contribution in [0.2, 0.25) is 0 Å². The fourth-order valence-corrected chi connectivity index (χ4v) is 8.41. The van der Waals surface area contributed by atoms with Crippen molar-refractivity contribution in [1.29, 1.82) is 0 Å². The number of halogens is 1. The molecule has 0 amide bonds. The maximum Gasteiger partial charge on any atom is 0.341 e. The summed E-state index contributed by atoms with van der Waals surface area (Å²) in [5, 5.41) is 0. The third kappa shape index (κ3) is 3.69. The van der Waals surface area contributed by atoms with Crippen LogP contribution in [0.4, 0.5) is 0 Å². The first-order valence-electron chi connectivity index (χ1n) is 11.6. The standard InChI is InChI=1S/C25H29BrO5S/c1-25-13-12-17(27)14-15(25)2-7-21-19-8-9-22(20(19)10-11-23(21)25)24(28)31-32(29,30)18-5-3-16(26)4-6-18/h2-6,19-23H,7-14H2,1H3/t19-,20?,21?,22+,23+,25+/m1/s1. The molecular formula is C25H29BrO5S. The van der Waals surface area contributed by atoms with E-state index in [1.807, 2.05) is 0 Å². The highest BCUT2D eigenvalue weighted by Crippen LogP contribution is 2.62. The summed E-state index contributed by atoms with van der Waals surface area (Å²) in [6, 6.07) is 6.13. The van der Waals surface area contributed by atoms with Crippen LogP contribution in [0.15, 0.2) is 45.3 Å². The molecule has 0 heterocycles. The summed E-state index contributed by atoms with van der Waals surface area (Å²) in [6.45, 7) is 2.34. The molecule has 2 unspecified atom stereocenters. The average Bonchev–Trinajstić information content (AvgIpc) is 3.19. The number of ketones is 1. The normalized spacial score (nSPS) is 36.5. The Morgan fingerprint density at radius 1 is 1.06 bits per heavy atom. The predicted molar refractivity (Wildman–Crippen MR) is 123 cm³/mol. The van der Waals surface area contributed by atoms with Gasteiger partial charge in [0.2, 0.25) is 0 Å². The van der Waals surface area contributed by atoms with Crippen molar-refractivity contribution in [2.45, 2.75) is 63.2 Å². The second-order valence-corrected chi connectivity index (χ2v) is 12.7. The van der Waals surface area contributed by atoms with Crippen LogP contribution in [0.1, 0.15) is 58.3 Å². The van der Waals surface area contributed by atoms with E-state index < -0.39 is 16.1 Å². The Bertz CT molecular complexity index is 1080. The van der Waals surface area contributed by atoms with Crippen molar-refractivity contribution < 1.29 is 22.2 Å². The second-order valence-electron chi connectivity index (χ2n) is 10.3. The topological polar surface area (TPSA) is 77.5 Å². The zero-order chi connectivity index (χ0) is 22.7. The lowest BCUT2D eigenvalue weighted by molar-refractivity contribution is -0.141. The smallest absolute Gasteiger partial charge is 0.341 e. The Kier molecular flexibility index (Phi) is 5.64. The van der Waals surface area contributed by atoms with Crippen LogP contribution < -0.4 is 0 Å². The van der Waals surface area contributed by atoms with Gasteiger partial charge >= 0.3 is 16.1 Å². The Hall–Kier alpha value is -1.47. The average molecular weight is 521 g/mol. The van der Waals surface area contributed by atoms with Gasteiger partial charge in [-0.05, 0) is 91.9 Å². The summed E-state index contributed by atoms with van der Waals surface area (Å²) in [4.78, 5) is 25.0. The SMILES string of the molecule is C[C@]12CCC(=O)CC1=CCC1[C@@H]3CC[C@H](C(=O)OS(=O)(=O)c4ccc(Br)cc4)C3CC[C@@H]12. The largest absolute Gasteiger partial charge is 0.342 e. The fourth-order valence-electron chi connectivity index (χ4n) is 7.24. The van der Waals surface area contributed by atoms with Gasteiger partial charge < -0.3 is 4.18 Å². The highest BCUT2D eigenvalue weighted by Gasteiger charge is 2.55. The van der Waals surface area contributed by atoms with Gasteiger partial charge in [0.25, 0.3) is 0 Å². The third-order valence-electron chi connectivity index (χ3n) is 8.85. The van der Waals surface area contributed by atoms with E-state index in [-0.39, 0.29) is 22.1 Å². The van der Waals surface area contributed by atoms with E-state index in [1.54, 1.807) is 12.1 Å². The second kappa shape index (κ2) is 8.08. The molecule has 1 aromatic rings. The van der Waals surface area contributed by atoms with Gasteiger partial charge in [-0.25, -0.2) is 0 Å². The van der Waals surface area contributed by atoms with Crippen molar-refractivity contribution in [3.8, 4) is 0 Å². The van der Waals surface area contributed by atoms with E-state index in [4.69, 9.17) is 4.18 Å². The molecule has 32 heavy (non-hydrogen) atoms. The molecule has 6 atom stereocenters. The molecule has 0 aliphatic heterocycles. The quantitative estimate of drug-likeness (QED) is 0.391. The number of hydrogen-bond donors (Lipinski definition) is 0. The molecule has 5 nitrogen and oxygen atoms in total. The molecule has 0 aromatic heterocycles. The van der Waals surface area contributed by atoms with Crippen LogP contribution in [0.3, 0.4) is 0 Å². The lowest BCUT2D eigenvalue weighted by Crippen LogP contribution is -2.47. The van der Waals surface area contributed by atoms with Crippen LogP contribution in [-0.4, -0.2) is 20.2 Å². The minimum Gasteiger partial charge on any atom is -0.342 e. The van der Waals surface area contributed by atoms with E-state index in [2.05, 4.69) is 28.9 Å². The number of benzene rings is 1. The van der Waals surface area contributed by atoms with Crippen molar-refractivity contribution in [2.75, 3.05) is 0 Å². The molecule has 1 aromatic carbocycles. The van der Waals surface area contributed by atoms with Gasteiger partial charge in [0, 0.05) is 17.3 Å². The maximum atomic E-state index is 13.0. The van der Waals surface area contributed by atoms with Gasteiger partial charge in [0.15, 0.2) is 0 Å². The molecule has 7 heteroatoms. The maximum absolute atomic E-state index is 13.0. The first kappa shape index (κ1) is 22.3. The first-order chi connectivity index (χ1) is 15.2. The number of Topliss-reactive ketones (excluding diaryl/α,β-unsaturated/α-hetero) is 1. The van der Waals surface area contributed by atoms with Crippen molar-refractivity contribution in [3.63, 3.8) is 0 Å². The minimum absolute atomic E-state index is 0.00276. The molecule has 3 fully saturated rings. The summed E-state index contributed by atoms with van der Waals surface area (Å²) in [6.07, 6.45) is 9.12. The molecule has 0 saturated heterocycles. The van der Waals surface area contributed by atoms with Crippen molar-refractivity contribution in [2.24, 2.45) is 35.0 Å². The van der Waals surface area contributed by atoms with Gasteiger partial charge in [0.05, 0.1) is 5.92 Å². The van der Waals surface area contributed by atoms with Gasteiger partial charge in [-0.3, -0.25) is 9.59 Å². The fraction of sp³-hybridized carbons (Fsp3) is 0.600. The number of fused-ring (bicyclic) bond motifs is 5. The predicted octanol–water partition coefficient (Wildman–Crippen LogP) is 5.44. The molecule has 4 aliphatic rings. The molecular weight excluding hydrogens is 492 g/mol. The first-order valence-corrected chi connectivity index (χ1v) is 13.8. The minimum atomic E-state index is -4.12. The van der Waals surface area contributed by atoms with E-state index in [9.17, 15) is 18.0 Å². The van der Waals surface area contributed by atoms with Crippen molar-refractivity contribution in [1.82, 2.24) is 0 Å². The van der Waals surface area contributed by atoms with Crippen LogP contribution in [0.25, 0.3) is 0 Å². The monoisotopic (exact) mass is 520 g/mol. The number of rotatable bonds is 3. The van der Waals surface area contributed by atoms with Crippen LogP contribution >= 0.6 is 15.9 Å². The van der Waals surface area contributed by atoms with Gasteiger partial charge in [-0.2, -0.15) is 8.42 Å². The van der Waals surface area contributed by atoms with Gasteiger partial charge in [-0.15, -0.1) is 0 Å². The number of carbonyl (C=O) groups excluding carboxylic acids is 2. The Labute approximate surface area is 198 Å². The Morgan fingerprint density at radius 3 is 2.53 bits per heavy atom. The molecule has 0 spiro atoms. The molecule has 0 radical (unpaired) electrons. The molecule has 4 aliphatic carbocycles. The summed E-state index contributed by atoms with van der Waals surface area (Å²) < 4.78 is 31.1. The van der Waals surface area contributed by atoms with Gasteiger partial charge in [0.1, 0.15) is 10.7 Å². The zero-order valence-corrected chi connectivity index (χ0v) is 20.7. The number of allylic oxidation sites excluding steroid dienone is 2. The van der Waals surface area contributed by atoms with Crippen LogP contribution in [0.5, 0.6) is 0 Å². The highest BCUT2D eigenvalue weighted by molar-refractivity contribution is 9.10. The lowest BCUT2D eigenvalue weighted by atomic mass is 9.50. The summed E-state index contributed by atoms with van der Waals surface area (Å²) in [5.74, 6) is 1.09. The van der Waals surface area contributed by atoms with Crippen molar-refractivity contribution >= 4 is 37.8 Å². The number of carbonyl (C=O) groups is 2. The number of hydrogen-bond acceptors (Lipinski definition) is 5. The van der Waals surface area contributed by atoms with E-state index in [0.29, 0.717) is 42.8 Å². The summed E-state index contributed by atoms with van der Waals surface area (Å²) >= 11 is 3.29. The van der Waals surface area contributed by atoms with Crippen LogP contribution in [-0.2, 0) is 23.9 Å². The Balaban J connectivity index is 1.32. The third-order valence-corrected chi connectivity index (χ3v) is 10.6. The summed E-state index contributed by atoms with van der Waals surface area (Å²) in [7, 11) is -4.12. The van der Waals surface area contributed by atoms with E-state index in [0.717, 1.165) is 36.6 Å². The molecule has 5 rings (SSSR count). The summed E-state index contributed by atoms with van der Waals surface area (Å²) in [5.41, 5.74) is 1.44. The van der Waals surface area contributed by atoms with Crippen LogP contribution in [0, 0.1) is 35.0 Å². The molecule has 0 N–H and O–H groups in total. The zero-order valence-electron chi connectivity index (χ0n) is 18.3. The highest BCUT2D eigenvalue weighted by atomic mass is 79.9. The van der Waals surface area contributed by atoms with Gasteiger partial charge in [-0.1, -0.05) is 34.5 Å². The Morgan fingerprint density at radius 2 is 1.78 bits per heavy atom. The molecule has 3 saturated carbocycles.